The molecule has 0 saturated carbocycles. The minimum Gasteiger partial charge on any atom is -0.379 e. The summed E-state index contributed by atoms with van der Waals surface area (Å²) >= 11 is 6.29. The molecule has 3 rings (SSSR count). The number of pyridine rings is 1. The van der Waals surface area contributed by atoms with Gasteiger partial charge < -0.3 is 9.30 Å². The van der Waals surface area contributed by atoms with Crippen LogP contribution in [0.5, 0.6) is 0 Å². The van der Waals surface area contributed by atoms with Gasteiger partial charge in [-0.3, -0.25) is 0 Å². The van der Waals surface area contributed by atoms with Crippen molar-refractivity contribution < 1.29 is 4.74 Å². The number of hydrogen-bond acceptors (Lipinski definition) is 3. The van der Waals surface area contributed by atoms with Gasteiger partial charge in [-0.15, -0.1) is 11.6 Å². The van der Waals surface area contributed by atoms with Crippen LogP contribution >= 0.6 is 11.6 Å². The van der Waals surface area contributed by atoms with Gasteiger partial charge in [0, 0.05) is 12.8 Å². The average molecular weight is 280 g/mol. The van der Waals surface area contributed by atoms with Gasteiger partial charge in [-0.05, 0) is 38.3 Å². The summed E-state index contributed by atoms with van der Waals surface area (Å²) in [6, 6.07) is 2.36. The molecule has 0 aliphatic carbocycles. The molecule has 1 aliphatic rings. The SMILES string of the molecule is Cc1cnc2c(c1)nc(C(C)Cl)n2C1CCCOC1. The molecule has 2 aromatic heterocycles. The van der Waals surface area contributed by atoms with Gasteiger partial charge in [-0.1, -0.05) is 0 Å². The fraction of sp³-hybridized carbons (Fsp3) is 0.571. The summed E-state index contributed by atoms with van der Waals surface area (Å²) in [6.45, 7) is 5.55. The van der Waals surface area contributed by atoms with Gasteiger partial charge in [0.05, 0.1) is 18.0 Å². The summed E-state index contributed by atoms with van der Waals surface area (Å²) in [7, 11) is 0. The molecule has 0 N–H and O–H groups in total. The lowest BCUT2D eigenvalue weighted by Crippen LogP contribution is -2.23. The normalized spacial score (nSPS) is 21.7. The predicted molar refractivity (Wildman–Crippen MR) is 75.6 cm³/mol. The molecule has 0 amide bonds. The van der Waals surface area contributed by atoms with Crippen LogP contribution in [0.15, 0.2) is 12.3 Å². The fourth-order valence-electron chi connectivity index (χ4n) is 2.67. The largest absolute Gasteiger partial charge is 0.379 e. The highest BCUT2D eigenvalue weighted by Crippen LogP contribution is 2.30. The van der Waals surface area contributed by atoms with Crippen molar-refractivity contribution in [3.8, 4) is 0 Å². The topological polar surface area (TPSA) is 39.9 Å². The number of imidazole rings is 1. The molecule has 19 heavy (non-hydrogen) atoms. The Hall–Kier alpha value is -1.13. The number of aromatic nitrogens is 3. The molecule has 4 nitrogen and oxygen atoms in total. The van der Waals surface area contributed by atoms with Crippen molar-refractivity contribution in [3.63, 3.8) is 0 Å². The Morgan fingerprint density at radius 3 is 3.05 bits per heavy atom. The number of alkyl halides is 1. The smallest absolute Gasteiger partial charge is 0.160 e. The molecule has 1 fully saturated rings. The van der Waals surface area contributed by atoms with Crippen molar-refractivity contribution in [3.05, 3.63) is 23.7 Å². The Morgan fingerprint density at radius 1 is 1.53 bits per heavy atom. The number of rotatable bonds is 2. The maximum absolute atomic E-state index is 6.29. The standard InChI is InChI=1S/C14H18ClN3O/c1-9-6-12-14(16-7-9)18(13(17-12)10(2)15)11-4-3-5-19-8-11/h6-7,10-11H,3-5,8H2,1-2H3. The van der Waals surface area contributed by atoms with Gasteiger partial charge in [0.25, 0.3) is 0 Å². The molecular weight excluding hydrogens is 262 g/mol. The van der Waals surface area contributed by atoms with E-state index in [9.17, 15) is 0 Å². The summed E-state index contributed by atoms with van der Waals surface area (Å²) in [5.41, 5.74) is 2.96. The molecule has 1 saturated heterocycles. The zero-order valence-corrected chi connectivity index (χ0v) is 12.0. The van der Waals surface area contributed by atoms with Crippen LogP contribution in [0.4, 0.5) is 0 Å². The summed E-state index contributed by atoms with van der Waals surface area (Å²) in [4.78, 5) is 9.21. The van der Waals surface area contributed by atoms with Crippen LogP contribution in [0.25, 0.3) is 11.2 Å². The van der Waals surface area contributed by atoms with Crippen molar-refractivity contribution in [2.45, 2.75) is 38.1 Å². The van der Waals surface area contributed by atoms with E-state index in [4.69, 9.17) is 16.3 Å². The average Bonchev–Trinajstić information content (AvgIpc) is 2.78. The molecule has 5 heteroatoms. The summed E-state index contributed by atoms with van der Waals surface area (Å²) in [5, 5.41) is -0.128. The third-order valence-electron chi connectivity index (χ3n) is 3.55. The van der Waals surface area contributed by atoms with E-state index in [1.807, 2.05) is 20.0 Å². The predicted octanol–water partition coefficient (Wildman–Crippen LogP) is 3.39. The van der Waals surface area contributed by atoms with Gasteiger partial charge in [-0.25, -0.2) is 9.97 Å². The second-order valence-electron chi connectivity index (χ2n) is 5.18. The second kappa shape index (κ2) is 5.10. The highest BCUT2D eigenvalue weighted by Gasteiger charge is 2.24. The number of fused-ring (bicyclic) bond motifs is 1. The van der Waals surface area contributed by atoms with E-state index in [-0.39, 0.29) is 5.38 Å². The molecule has 1 aliphatic heterocycles. The molecule has 0 aromatic carbocycles. The first-order valence-corrected chi connectivity index (χ1v) is 7.16. The first-order valence-electron chi connectivity index (χ1n) is 6.73. The number of hydrogen-bond donors (Lipinski definition) is 0. The molecule has 102 valence electrons. The number of ether oxygens (including phenoxy) is 1. The van der Waals surface area contributed by atoms with Gasteiger partial charge in [0.2, 0.25) is 0 Å². The number of halogens is 1. The lowest BCUT2D eigenvalue weighted by atomic mass is 10.1. The molecular formula is C14H18ClN3O. The van der Waals surface area contributed by atoms with E-state index in [0.29, 0.717) is 6.04 Å². The van der Waals surface area contributed by atoms with E-state index >= 15 is 0 Å². The Labute approximate surface area is 117 Å². The van der Waals surface area contributed by atoms with Gasteiger partial charge in [-0.2, -0.15) is 0 Å². The zero-order valence-electron chi connectivity index (χ0n) is 11.3. The van der Waals surface area contributed by atoms with Gasteiger partial charge >= 0.3 is 0 Å². The number of aryl methyl sites for hydroxylation is 1. The first kappa shape index (κ1) is 12.9. The number of nitrogens with zero attached hydrogens (tertiary/aromatic N) is 3. The van der Waals surface area contributed by atoms with Crippen molar-refractivity contribution in [1.29, 1.82) is 0 Å². The molecule has 3 heterocycles. The van der Waals surface area contributed by atoms with Crippen molar-refractivity contribution in [2.75, 3.05) is 13.2 Å². The molecule has 0 radical (unpaired) electrons. The van der Waals surface area contributed by atoms with Crippen molar-refractivity contribution >= 4 is 22.8 Å². The van der Waals surface area contributed by atoms with E-state index < -0.39 is 0 Å². The third kappa shape index (κ3) is 2.35. The summed E-state index contributed by atoms with van der Waals surface area (Å²) in [6.07, 6.45) is 4.05. The third-order valence-corrected chi connectivity index (χ3v) is 3.75. The molecule has 0 spiro atoms. The van der Waals surface area contributed by atoms with E-state index in [0.717, 1.165) is 48.6 Å². The summed E-state index contributed by atoms with van der Waals surface area (Å²) in [5.74, 6) is 0.894. The molecule has 0 bridgehead atoms. The molecule has 2 aromatic rings. The van der Waals surface area contributed by atoms with E-state index in [2.05, 4.69) is 20.6 Å². The fourth-order valence-corrected chi connectivity index (χ4v) is 2.82. The lowest BCUT2D eigenvalue weighted by Gasteiger charge is -2.25. The van der Waals surface area contributed by atoms with Crippen LogP contribution in [0, 0.1) is 6.92 Å². The van der Waals surface area contributed by atoms with E-state index in [1.165, 1.54) is 0 Å². The van der Waals surface area contributed by atoms with E-state index in [1.54, 1.807) is 0 Å². The Morgan fingerprint density at radius 2 is 2.37 bits per heavy atom. The Bertz CT molecular complexity index is 588. The van der Waals surface area contributed by atoms with Gasteiger partial charge in [0.1, 0.15) is 11.3 Å². The highest BCUT2D eigenvalue weighted by atomic mass is 35.5. The highest BCUT2D eigenvalue weighted by molar-refractivity contribution is 6.20. The first-order chi connectivity index (χ1) is 9.16. The van der Waals surface area contributed by atoms with Crippen LogP contribution in [0.3, 0.4) is 0 Å². The van der Waals surface area contributed by atoms with Crippen molar-refractivity contribution in [2.24, 2.45) is 0 Å². The lowest BCUT2D eigenvalue weighted by molar-refractivity contribution is 0.0593. The Balaban J connectivity index is 2.15. The molecule has 2 atom stereocenters. The van der Waals surface area contributed by atoms with Crippen molar-refractivity contribution in [1.82, 2.24) is 14.5 Å². The monoisotopic (exact) mass is 279 g/mol. The second-order valence-corrected chi connectivity index (χ2v) is 5.84. The maximum Gasteiger partial charge on any atom is 0.160 e. The zero-order chi connectivity index (χ0) is 13.4. The van der Waals surface area contributed by atoms with Crippen LogP contribution in [0.1, 0.15) is 42.6 Å². The minimum atomic E-state index is -0.128. The van der Waals surface area contributed by atoms with Crippen LogP contribution in [0.2, 0.25) is 0 Å². The van der Waals surface area contributed by atoms with Crippen LogP contribution in [-0.2, 0) is 4.74 Å². The van der Waals surface area contributed by atoms with Gasteiger partial charge in [0.15, 0.2) is 5.65 Å². The molecule has 2 unspecified atom stereocenters. The van der Waals surface area contributed by atoms with Crippen LogP contribution in [-0.4, -0.2) is 27.7 Å². The van der Waals surface area contributed by atoms with Crippen LogP contribution < -0.4 is 0 Å². The minimum absolute atomic E-state index is 0.128. The maximum atomic E-state index is 6.29. The quantitative estimate of drug-likeness (QED) is 0.791. The summed E-state index contributed by atoms with van der Waals surface area (Å²) < 4.78 is 7.77. The Kier molecular flexibility index (Phi) is 3.46.